The predicted octanol–water partition coefficient (Wildman–Crippen LogP) is 1.11. The summed E-state index contributed by atoms with van der Waals surface area (Å²) >= 11 is 0. The van der Waals surface area contributed by atoms with Gasteiger partial charge in [-0.05, 0) is 18.9 Å². The number of rotatable bonds is 6. The van der Waals surface area contributed by atoms with E-state index in [-0.39, 0.29) is 11.4 Å². The van der Waals surface area contributed by atoms with Crippen LogP contribution in [0.15, 0.2) is 12.3 Å². The van der Waals surface area contributed by atoms with E-state index in [9.17, 15) is 4.79 Å². The molecular weight excluding hydrogens is 292 g/mol. The maximum atomic E-state index is 12.5. The molecule has 128 valence electrons. The molecule has 2 heterocycles. The fourth-order valence-electron chi connectivity index (χ4n) is 4.01. The van der Waals surface area contributed by atoms with Gasteiger partial charge in [0, 0.05) is 57.0 Å². The highest BCUT2D eigenvalue weighted by Crippen LogP contribution is 2.38. The summed E-state index contributed by atoms with van der Waals surface area (Å²) in [6, 6.07) is 2.00. The molecule has 6 heteroatoms. The lowest BCUT2D eigenvalue weighted by Gasteiger charge is -2.43. The first-order chi connectivity index (χ1) is 11.2. The number of carbonyl (C=O) groups is 1. The first kappa shape index (κ1) is 16.5. The summed E-state index contributed by atoms with van der Waals surface area (Å²) in [5, 5.41) is 7.26. The van der Waals surface area contributed by atoms with Gasteiger partial charge in [-0.15, -0.1) is 0 Å². The Kier molecular flexibility index (Phi) is 5.33. The fraction of sp³-hybridized carbons (Fsp3) is 0.765. The Morgan fingerprint density at radius 3 is 2.74 bits per heavy atom. The summed E-state index contributed by atoms with van der Waals surface area (Å²) < 4.78 is 7.34. The van der Waals surface area contributed by atoms with Crippen molar-refractivity contribution in [3.05, 3.63) is 18.0 Å². The number of nitrogens with one attached hydrogen (secondary N) is 1. The highest BCUT2D eigenvalue weighted by atomic mass is 16.5. The molecule has 1 aromatic heterocycles. The summed E-state index contributed by atoms with van der Waals surface area (Å²) in [4.78, 5) is 15.0. The van der Waals surface area contributed by atoms with Crippen LogP contribution in [0, 0.1) is 0 Å². The van der Waals surface area contributed by atoms with Gasteiger partial charge in [0.15, 0.2) is 0 Å². The molecule has 2 aliphatic rings. The molecule has 1 saturated heterocycles. The van der Waals surface area contributed by atoms with Gasteiger partial charge in [-0.1, -0.05) is 12.8 Å². The molecule has 1 aromatic rings. The van der Waals surface area contributed by atoms with Crippen LogP contribution in [0.2, 0.25) is 0 Å². The minimum Gasteiger partial charge on any atom is -0.379 e. The molecule has 0 radical (unpaired) electrons. The first-order valence-electron chi connectivity index (χ1n) is 8.76. The molecular formula is C17H28N4O2. The number of amides is 1. The maximum Gasteiger partial charge on any atom is 0.221 e. The average molecular weight is 320 g/mol. The van der Waals surface area contributed by atoms with Gasteiger partial charge in [-0.25, -0.2) is 0 Å². The average Bonchev–Trinajstić information content (AvgIpc) is 3.19. The van der Waals surface area contributed by atoms with Crippen molar-refractivity contribution in [1.29, 1.82) is 0 Å². The second kappa shape index (κ2) is 7.45. The monoisotopic (exact) mass is 320 g/mol. The Hall–Kier alpha value is -1.40. The summed E-state index contributed by atoms with van der Waals surface area (Å²) in [6.45, 7) is 4.19. The van der Waals surface area contributed by atoms with Crippen molar-refractivity contribution in [2.45, 2.75) is 44.1 Å². The molecule has 23 heavy (non-hydrogen) atoms. The highest BCUT2D eigenvalue weighted by Gasteiger charge is 2.41. The number of hydrogen-bond acceptors (Lipinski definition) is 4. The van der Waals surface area contributed by atoms with Crippen LogP contribution >= 0.6 is 0 Å². The van der Waals surface area contributed by atoms with Gasteiger partial charge < -0.3 is 10.1 Å². The molecule has 0 spiro atoms. The summed E-state index contributed by atoms with van der Waals surface area (Å²) in [5.74, 6) is 0.181. The Labute approximate surface area is 138 Å². The smallest absolute Gasteiger partial charge is 0.221 e. The van der Waals surface area contributed by atoms with Crippen molar-refractivity contribution in [1.82, 2.24) is 20.0 Å². The molecule has 1 aliphatic heterocycles. The molecule has 0 bridgehead atoms. The first-order valence-corrected chi connectivity index (χ1v) is 8.76. The van der Waals surface area contributed by atoms with E-state index in [2.05, 4.69) is 15.3 Å². The van der Waals surface area contributed by atoms with Gasteiger partial charge in [0.2, 0.25) is 5.91 Å². The molecule has 0 unspecified atom stereocenters. The van der Waals surface area contributed by atoms with Crippen LogP contribution in [-0.2, 0) is 23.0 Å². The molecule has 1 saturated carbocycles. The van der Waals surface area contributed by atoms with Crippen LogP contribution in [0.3, 0.4) is 0 Å². The third-order valence-electron chi connectivity index (χ3n) is 5.33. The molecule has 2 fully saturated rings. The topological polar surface area (TPSA) is 59.4 Å². The van der Waals surface area contributed by atoms with Crippen LogP contribution in [0.25, 0.3) is 0 Å². The fourth-order valence-corrected chi connectivity index (χ4v) is 4.01. The van der Waals surface area contributed by atoms with Gasteiger partial charge >= 0.3 is 0 Å². The zero-order valence-corrected chi connectivity index (χ0v) is 14.1. The number of aryl methyl sites for hydroxylation is 1. The predicted molar refractivity (Wildman–Crippen MR) is 88.1 cm³/mol. The summed E-state index contributed by atoms with van der Waals surface area (Å²) in [5.41, 5.74) is 1.22. The lowest BCUT2D eigenvalue weighted by Crippen LogP contribution is -2.54. The molecule has 1 amide bonds. The second-order valence-electron chi connectivity index (χ2n) is 6.75. The van der Waals surface area contributed by atoms with Crippen molar-refractivity contribution in [2.24, 2.45) is 7.05 Å². The van der Waals surface area contributed by atoms with Crippen LogP contribution in [0.1, 0.15) is 37.8 Å². The lowest BCUT2D eigenvalue weighted by molar-refractivity contribution is -0.125. The lowest BCUT2D eigenvalue weighted by atomic mass is 9.90. The Bertz CT molecular complexity index is 516. The zero-order valence-electron chi connectivity index (χ0n) is 14.1. The molecule has 6 nitrogen and oxygen atoms in total. The standard InChI is InChI=1S/C17H28N4O2/c1-20-15(5-9-19-20)4-8-18-16(22)14-17(6-2-3-7-17)21-10-12-23-13-11-21/h5,9H,2-4,6-8,10-14H2,1H3,(H,18,22). The highest BCUT2D eigenvalue weighted by molar-refractivity contribution is 5.77. The van der Waals surface area contributed by atoms with Crippen molar-refractivity contribution >= 4 is 5.91 Å². The summed E-state index contributed by atoms with van der Waals surface area (Å²) in [7, 11) is 1.93. The molecule has 1 N–H and O–H groups in total. The summed E-state index contributed by atoms with van der Waals surface area (Å²) in [6.07, 6.45) is 8.00. The van der Waals surface area contributed by atoms with E-state index < -0.39 is 0 Å². The minimum atomic E-state index is 0.0698. The van der Waals surface area contributed by atoms with Crippen LogP contribution in [0.4, 0.5) is 0 Å². The third kappa shape index (κ3) is 3.93. The quantitative estimate of drug-likeness (QED) is 0.853. The van der Waals surface area contributed by atoms with Crippen LogP contribution in [0.5, 0.6) is 0 Å². The van der Waals surface area contributed by atoms with E-state index in [0.717, 1.165) is 51.3 Å². The van der Waals surface area contributed by atoms with Crippen molar-refractivity contribution < 1.29 is 9.53 Å². The van der Waals surface area contributed by atoms with Gasteiger partial charge in [-0.2, -0.15) is 5.10 Å². The van der Waals surface area contributed by atoms with E-state index in [1.54, 1.807) is 6.20 Å². The van der Waals surface area contributed by atoms with Crippen LogP contribution in [-0.4, -0.2) is 59.0 Å². The van der Waals surface area contributed by atoms with E-state index in [0.29, 0.717) is 13.0 Å². The number of aromatic nitrogens is 2. The van der Waals surface area contributed by atoms with E-state index in [4.69, 9.17) is 4.74 Å². The molecule has 0 atom stereocenters. The number of ether oxygens (including phenoxy) is 1. The van der Waals surface area contributed by atoms with E-state index in [1.165, 1.54) is 12.8 Å². The molecule has 1 aliphatic carbocycles. The van der Waals surface area contributed by atoms with Gasteiger partial charge in [0.1, 0.15) is 0 Å². The van der Waals surface area contributed by atoms with Gasteiger partial charge in [0.25, 0.3) is 0 Å². The Morgan fingerprint density at radius 2 is 2.09 bits per heavy atom. The number of nitrogens with zero attached hydrogens (tertiary/aromatic N) is 3. The Balaban J connectivity index is 1.51. The van der Waals surface area contributed by atoms with E-state index >= 15 is 0 Å². The number of hydrogen-bond donors (Lipinski definition) is 1. The zero-order chi connectivity index (χ0) is 16.1. The SMILES string of the molecule is Cn1nccc1CCNC(=O)CC1(N2CCOCC2)CCCC1. The Morgan fingerprint density at radius 1 is 1.35 bits per heavy atom. The van der Waals surface area contributed by atoms with Gasteiger partial charge in [-0.3, -0.25) is 14.4 Å². The number of morpholine rings is 1. The largest absolute Gasteiger partial charge is 0.379 e. The van der Waals surface area contributed by atoms with Crippen molar-refractivity contribution in [3.63, 3.8) is 0 Å². The second-order valence-corrected chi connectivity index (χ2v) is 6.75. The van der Waals surface area contributed by atoms with Crippen molar-refractivity contribution in [3.8, 4) is 0 Å². The normalized spacial score (nSPS) is 21.4. The van der Waals surface area contributed by atoms with E-state index in [1.807, 2.05) is 17.8 Å². The molecule has 0 aromatic carbocycles. The van der Waals surface area contributed by atoms with Crippen LogP contribution < -0.4 is 5.32 Å². The third-order valence-corrected chi connectivity index (χ3v) is 5.33. The van der Waals surface area contributed by atoms with Crippen molar-refractivity contribution in [2.75, 3.05) is 32.8 Å². The molecule has 3 rings (SSSR count). The minimum absolute atomic E-state index is 0.0698. The number of carbonyl (C=O) groups excluding carboxylic acids is 1. The van der Waals surface area contributed by atoms with Gasteiger partial charge in [0.05, 0.1) is 13.2 Å². The maximum absolute atomic E-state index is 12.5.